The van der Waals surface area contributed by atoms with Crippen molar-refractivity contribution in [3.05, 3.63) is 130 Å². The summed E-state index contributed by atoms with van der Waals surface area (Å²) in [7, 11) is -4.04. The van der Waals surface area contributed by atoms with Gasteiger partial charge in [-0.05, 0) is 54.1 Å². The molecule has 0 atom stereocenters. The highest BCUT2D eigenvalue weighted by atomic mass is 32.2. The Bertz CT molecular complexity index is 1890. The number of aromatic nitrogens is 2. The lowest BCUT2D eigenvalue weighted by Gasteiger charge is -2.11. The molecule has 0 aliphatic carbocycles. The van der Waals surface area contributed by atoms with E-state index in [9.17, 15) is 22.8 Å². The molecular weight excluding hydrogens is 546 g/mol. The fourth-order valence-corrected chi connectivity index (χ4v) is 5.02. The minimum atomic E-state index is -4.04. The number of nitrogens with zero attached hydrogens (tertiary/aromatic N) is 1. The number of hydrogen-bond acceptors (Lipinski definition) is 7. The van der Waals surface area contributed by atoms with Gasteiger partial charge in [-0.1, -0.05) is 54.6 Å². The molecule has 1 heterocycles. The Morgan fingerprint density at radius 1 is 0.780 bits per heavy atom. The van der Waals surface area contributed by atoms with E-state index in [1.54, 1.807) is 48.5 Å². The number of carbonyl (C=O) groups excluding carboxylic acids is 2. The molecule has 0 unspecified atom stereocenters. The van der Waals surface area contributed by atoms with E-state index in [1.165, 1.54) is 24.3 Å². The molecule has 4 N–H and O–H groups in total. The van der Waals surface area contributed by atoms with Gasteiger partial charge in [0.25, 0.3) is 27.4 Å². The topological polar surface area (TPSA) is 159 Å². The largest absolute Gasteiger partial charge is 0.489 e. The molecule has 4 aromatic carbocycles. The number of rotatable bonds is 8. The van der Waals surface area contributed by atoms with Gasteiger partial charge in [0.05, 0.1) is 10.3 Å². The number of sulfonamides is 1. The summed E-state index contributed by atoms with van der Waals surface area (Å²) in [6.07, 6.45) is 0. The van der Waals surface area contributed by atoms with Gasteiger partial charge in [0, 0.05) is 16.6 Å². The van der Waals surface area contributed by atoms with Crippen LogP contribution in [-0.4, -0.2) is 30.4 Å². The highest BCUT2D eigenvalue weighted by Gasteiger charge is 2.18. The molecule has 41 heavy (non-hydrogen) atoms. The van der Waals surface area contributed by atoms with Gasteiger partial charge in [0.1, 0.15) is 12.4 Å². The zero-order valence-corrected chi connectivity index (χ0v) is 22.1. The van der Waals surface area contributed by atoms with Crippen LogP contribution in [0.15, 0.2) is 113 Å². The second-order valence-corrected chi connectivity index (χ2v) is 10.5. The number of aromatic amines is 1. The van der Waals surface area contributed by atoms with Crippen LogP contribution in [0.25, 0.3) is 10.8 Å². The predicted octanol–water partition coefficient (Wildman–Crippen LogP) is 3.38. The maximum absolute atomic E-state index is 13.0. The van der Waals surface area contributed by atoms with Crippen LogP contribution >= 0.6 is 0 Å². The molecule has 0 bridgehead atoms. The van der Waals surface area contributed by atoms with Crippen molar-refractivity contribution in [2.24, 2.45) is 0 Å². The predicted molar refractivity (Wildman–Crippen MR) is 152 cm³/mol. The summed E-state index contributed by atoms with van der Waals surface area (Å²) in [6, 6.07) is 27.8. The molecule has 0 saturated heterocycles. The molecule has 5 rings (SSSR count). The summed E-state index contributed by atoms with van der Waals surface area (Å²) >= 11 is 0. The molecule has 206 valence electrons. The second kappa shape index (κ2) is 11.7. The van der Waals surface area contributed by atoms with E-state index in [4.69, 9.17) is 4.74 Å². The first-order chi connectivity index (χ1) is 19.8. The van der Waals surface area contributed by atoms with Crippen LogP contribution < -0.4 is 25.9 Å². The van der Waals surface area contributed by atoms with Crippen molar-refractivity contribution in [2.45, 2.75) is 11.5 Å². The van der Waals surface area contributed by atoms with Gasteiger partial charge in [-0.25, -0.2) is 13.5 Å². The highest BCUT2D eigenvalue weighted by molar-refractivity contribution is 7.92. The number of fused-ring (bicyclic) bond motifs is 1. The van der Waals surface area contributed by atoms with Crippen LogP contribution in [-0.2, 0) is 16.6 Å². The van der Waals surface area contributed by atoms with E-state index in [0.717, 1.165) is 5.56 Å². The van der Waals surface area contributed by atoms with Crippen molar-refractivity contribution in [2.75, 3.05) is 4.72 Å². The van der Waals surface area contributed by atoms with Crippen molar-refractivity contribution >= 4 is 38.3 Å². The normalized spacial score (nSPS) is 11.0. The van der Waals surface area contributed by atoms with Gasteiger partial charge in [-0.2, -0.15) is 5.10 Å². The van der Waals surface area contributed by atoms with Gasteiger partial charge in [0.15, 0.2) is 5.69 Å². The lowest BCUT2D eigenvalue weighted by Crippen LogP contribution is -2.42. The first-order valence-corrected chi connectivity index (χ1v) is 13.8. The number of H-pyrrole nitrogens is 1. The molecule has 0 fully saturated rings. The molecule has 0 aliphatic heterocycles. The number of anilines is 1. The van der Waals surface area contributed by atoms with E-state index in [-0.39, 0.29) is 21.5 Å². The fraction of sp³-hybridized carbons (Fsp3) is 0.0345. The zero-order valence-electron chi connectivity index (χ0n) is 21.3. The first kappa shape index (κ1) is 27.1. The monoisotopic (exact) mass is 569 g/mol. The molecular formula is C29H23N5O6S. The summed E-state index contributed by atoms with van der Waals surface area (Å²) in [6.45, 7) is 0.374. The number of nitrogens with one attached hydrogen (secondary N) is 4. The second-order valence-electron chi connectivity index (χ2n) is 8.79. The molecule has 0 aliphatic rings. The van der Waals surface area contributed by atoms with E-state index >= 15 is 0 Å². The summed E-state index contributed by atoms with van der Waals surface area (Å²) in [5, 5.41) is 6.59. The lowest BCUT2D eigenvalue weighted by molar-refractivity contribution is 0.0844. The summed E-state index contributed by atoms with van der Waals surface area (Å²) in [5.41, 5.74) is 5.20. The number of ether oxygens (including phenoxy) is 1. The number of hydrazine groups is 1. The number of amides is 2. The first-order valence-electron chi connectivity index (χ1n) is 12.3. The number of hydrogen-bond donors (Lipinski definition) is 4. The molecule has 1 aromatic heterocycles. The molecule has 12 heteroatoms. The van der Waals surface area contributed by atoms with E-state index in [1.807, 2.05) is 30.3 Å². The van der Waals surface area contributed by atoms with Crippen molar-refractivity contribution in [3.63, 3.8) is 0 Å². The summed E-state index contributed by atoms with van der Waals surface area (Å²) in [4.78, 5) is 37.1. The average Bonchev–Trinajstić information content (AvgIpc) is 3.00. The van der Waals surface area contributed by atoms with Crippen LogP contribution in [0.3, 0.4) is 0 Å². The lowest BCUT2D eigenvalue weighted by atomic mass is 10.1. The third-order valence-electron chi connectivity index (χ3n) is 5.96. The Morgan fingerprint density at radius 3 is 2.22 bits per heavy atom. The molecule has 0 saturated carbocycles. The number of benzene rings is 4. The van der Waals surface area contributed by atoms with Gasteiger partial charge in [-0.15, -0.1) is 0 Å². The van der Waals surface area contributed by atoms with Crippen LogP contribution in [0.5, 0.6) is 5.75 Å². The van der Waals surface area contributed by atoms with E-state index in [2.05, 4.69) is 25.8 Å². The smallest absolute Gasteiger partial charge is 0.290 e. The standard InChI is InChI=1S/C29H23N5O6S/c35-27(31-33-29(37)26-24-11-4-5-12-25(24)28(36)32-30-26)20-9-6-10-23(17-20)41(38,39)34-21-13-15-22(16-14-21)40-18-19-7-2-1-3-8-19/h1-17,34H,18H2,(H,31,35)(H,32,36)(H,33,37). The third-order valence-corrected chi connectivity index (χ3v) is 7.34. The summed E-state index contributed by atoms with van der Waals surface area (Å²) < 4.78 is 34.2. The van der Waals surface area contributed by atoms with Crippen LogP contribution in [0.2, 0.25) is 0 Å². The van der Waals surface area contributed by atoms with Gasteiger partial charge >= 0.3 is 0 Å². The maximum atomic E-state index is 13.0. The highest BCUT2D eigenvalue weighted by Crippen LogP contribution is 2.21. The Kier molecular flexibility index (Phi) is 7.74. The van der Waals surface area contributed by atoms with Gasteiger partial charge in [0.2, 0.25) is 0 Å². The quantitative estimate of drug-likeness (QED) is 0.209. The Labute approximate surface area is 234 Å². The van der Waals surface area contributed by atoms with Gasteiger partial charge < -0.3 is 4.74 Å². The van der Waals surface area contributed by atoms with E-state index < -0.39 is 27.4 Å². The van der Waals surface area contributed by atoms with Crippen molar-refractivity contribution < 1.29 is 22.7 Å². The van der Waals surface area contributed by atoms with Crippen LogP contribution in [0.4, 0.5) is 5.69 Å². The Morgan fingerprint density at radius 2 is 1.46 bits per heavy atom. The number of carbonyl (C=O) groups is 2. The Hall–Kier alpha value is -5.49. The SMILES string of the molecule is O=C(NNC(=O)c1n[nH]c(=O)c2ccccc12)c1cccc(S(=O)(=O)Nc2ccc(OCc3ccccc3)cc2)c1. The van der Waals surface area contributed by atoms with Crippen LogP contribution in [0.1, 0.15) is 26.4 Å². The Balaban J connectivity index is 1.22. The maximum Gasteiger partial charge on any atom is 0.290 e. The molecule has 0 radical (unpaired) electrons. The summed E-state index contributed by atoms with van der Waals surface area (Å²) in [5.74, 6) is -0.959. The minimum absolute atomic E-state index is 0.0166. The van der Waals surface area contributed by atoms with Crippen molar-refractivity contribution in [3.8, 4) is 5.75 Å². The van der Waals surface area contributed by atoms with E-state index in [0.29, 0.717) is 23.4 Å². The van der Waals surface area contributed by atoms with Crippen molar-refractivity contribution in [1.82, 2.24) is 21.0 Å². The molecule has 5 aromatic rings. The van der Waals surface area contributed by atoms with Crippen LogP contribution in [0, 0.1) is 0 Å². The third kappa shape index (κ3) is 6.40. The minimum Gasteiger partial charge on any atom is -0.489 e. The average molecular weight is 570 g/mol. The molecule has 2 amide bonds. The molecule has 0 spiro atoms. The molecule has 11 nitrogen and oxygen atoms in total. The van der Waals surface area contributed by atoms with Crippen molar-refractivity contribution in [1.29, 1.82) is 0 Å². The zero-order chi connectivity index (χ0) is 28.8. The van der Waals surface area contributed by atoms with Gasteiger partial charge in [-0.3, -0.25) is 30.0 Å². The fourth-order valence-electron chi connectivity index (χ4n) is 3.91.